The van der Waals surface area contributed by atoms with Crippen LogP contribution in [0.3, 0.4) is 0 Å². The molecule has 108 valence electrons. The van der Waals surface area contributed by atoms with Gasteiger partial charge < -0.3 is 19.3 Å². The first-order valence-corrected chi connectivity index (χ1v) is 7.17. The maximum atomic E-state index is 10.4. The number of aliphatic hydroxyl groups is 1. The maximum absolute atomic E-state index is 10.4. The lowest BCUT2D eigenvalue weighted by atomic mass is 9.91. The van der Waals surface area contributed by atoms with E-state index in [9.17, 15) is 5.11 Å². The zero-order valence-corrected chi connectivity index (χ0v) is 12.0. The number of aliphatic hydroxyl groups excluding tert-OH is 1. The van der Waals surface area contributed by atoms with Crippen molar-refractivity contribution in [2.45, 2.75) is 25.9 Å². The molecule has 1 aromatic heterocycles. The van der Waals surface area contributed by atoms with Gasteiger partial charge in [-0.05, 0) is 38.8 Å². The fourth-order valence-electron chi connectivity index (χ4n) is 2.70. The Bertz CT molecular complexity index is 373. The summed E-state index contributed by atoms with van der Waals surface area (Å²) in [6.07, 6.45) is 5.25. The summed E-state index contributed by atoms with van der Waals surface area (Å²) in [7, 11) is 1.93. The molecule has 19 heavy (non-hydrogen) atoms. The molecule has 0 amide bonds. The largest absolute Gasteiger partial charge is 0.385 e. The van der Waals surface area contributed by atoms with Gasteiger partial charge in [-0.1, -0.05) is 0 Å². The van der Waals surface area contributed by atoms with E-state index in [1.165, 1.54) is 0 Å². The Labute approximate surface area is 115 Å². The predicted molar refractivity (Wildman–Crippen MR) is 73.8 cm³/mol. The molecule has 2 heterocycles. The lowest BCUT2D eigenvalue weighted by Crippen LogP contribution is -2.37. The molecule has 0 spiro atoms. The van der Waals surface area contributed by atoms with Gasteiger partial charge in [0.15, 0.2) is 0 Å². The van der Waals surface area contributed by atoms with Crippen LogP contribution in [0.25, 0.3) is 0 Å². The first-order valence-electron chi connectivity index (χ1n) is 7.17. The van der Waals surface area contributed by atoms with Crippen LogP contribution < -0.4 is 0 Å². The average Bonchev–Trinajstić information content (AvgIpc) is 2.85. The summed E-state index contributed by atoms with van der Waals surface area (Å²) in [6, 6.07) is 0. The van der Waals surface area contributed by atoms with Crippen LogP contribution in [0.2, 0.25) is 0 Å². The monoisotopic (exact) mass is 267 g/mol. The van der Waals surface area contributed by atoms with Crippen molar-refractivity contribution in [3.05, 3.63) is 18.2 Å². The smallest absolute Gasteiger partial charge is 0.137 e. The van der Waals surface area contributed by atoms with Crippen LogP contribution in [0, 0.1) is 5.92 Å². The zero-order chi connectivity index (χ0) is 13.7. The number of rotatable bonds is 6. The van der Waals surface area contributed by atoms with E-state index in [0.29, 0.717) is 5.92 Å². The molecule has 0 radical (unpaired) electrons. The van der Waals surface area contributed by atoms with Gasteiger partial charge in [0.1, 0.15) is 11.9 Å². The Morgan fingerprint density at radius 3 is 2.79 bits per heavy atom. The minimum atomic E-state index is -0.436. The summed E-state index contributed by atoms with van der Waals surface area (Å²) >= 11 is 0. The van der Waals surface area contributed by atoms with Gasteiger partial charge in [0.05, 0.1) is 6.61 Å². The summed E-state index contributed by atoms with van der Waals surface area (Å²) < 4.78 is 7.29. The van der Waals surface area contributed by atoms with Crippen molar-refractivity contribution in [2.24, 2.45) is 13.0 Å². The van der Waals surface area contributed by atoms with Gasteiger partial charge in [0, 0.05) is 32.6 Å². The highest BCUT2D eigenvalue weighted by atomic mass is 16.5. The number of ether oxygens (including phenoxy) is 1. The number of nitrogens with zero attached hydrogens (tertiary/aromatic N) is 3. The fourth-order valence-corrected chi connectivity index (χ4v) is 2.70. The van der Waals surface area contributed by atoms with E-state index < -0.39 is 6.10 Å². The number of hydrogen-bond donors (Lipinski definition) is 1. The Hall–Kier alpha value is -0.910. The Balaban J connectivity index is 1.78. The summed E-state index contributed by atoms with van der Waals surface area (Å²) in [5.41, 5.74) is 0. The normalized spacial score (nSPS) is 19.7. The molecule has 1 aliphatic rings. The van der Waals surface area contributed by atoms with Crippen LogP contribution in [0.1, 0.15) is 31.7 Å². The van der Waals surface area contributed by atoms with E-state index in [4.69, 9.17) is 4.74 Å². The van der Waals surface area contributed by atoms with Crippen molar-refractivity contribution in [1.29, 1.82) is 0 Å². The summed E-state index contributed by atoms with van der Waals surface area (Å²) in [5.74, 6) is 1.11. The number of hydrogen-bond acceptors (Lipinski definition) is 4. The summed E-state index contributed by atoms with van der Waals surface area (Å²) in [5, 5.41) is 10.4. The van der Waals surface area contributed by atoms with Crippen LogP contribution in [0.15, 0.2) is 12.4 Å². The van der Waals surface area contributed by atoms with Crippen LogP contribution in [-0.2, 0) is 11.8 Å². The zero-order valence-electron chi connectivity index (χ0n) is 12.0. The minimum absolute atomic E-state index is 0.324. The highest BCUT2D eigenvalue weighted by Gasteiger charge is 2.28. The second kappa shape index (κ2) is 7.03. The van der Waals surface area contributed by atoms with Gasteiger partial charge in [-0.3, -0.25) is 0 Å². The van der Waals surface area contributed by atoms with Crippen LogP contribution in [0.4, 0.5) is 0 Å². The molecule has 0 aliphatic carbocycles. The van der Waals surface area contributed by atoms with Gasteiger partial charge >= 0.3 is 0 Å². The van der Waals surface area contributed by atoms with Crippen molar-refractivity contribution < 1.29 is 9.84 Å². The highest BCUT2D eigenvalue weighted by Crippen LogP contribution is 2.29. The molecule has 1 atom stereocenters. The van der Waals surface area contributed by atoms with E-state index in [1.54, 1.807) is 6.20 Å². The molecule has 5 nitrogen and oxygen atoms in total. The van der Waals surface area contributed by atoms with Crippen molar-refractivity contribution in [2.75, 3.05) is 32.8 Å². The van der Waals surface area contributed by atoms with Crippen molar-refractivity contribution in [3.63, 3.8) is 0 Å². The molecule has 1 saturated heterocycles. The molecule has 0 bridgehead atoms. The Kier molecular flexibility index (Phi) is 5.36. The SMILES string of the molecule is CCOCCN1CCC(C(O)c2nccn2C)CC1. The molecule has 1 N–H and O–H groups in total. The standard InChI is InChI=1S/C14H25N3O2/c1-3-19-11-10-17-7-4-12(5-8-17)13(18)14-15-6-9-16(14)2/h6,9,12-13,18H,3-5,7-8,10-11H2,1-2H3. The molecule has 1 aromatic rings. The van der Waals surface area contributed by atoms with E-state index in [1.807, 2.05) is 24.7 Å². The van der Waals surface area contributed by atoms with Gasteiger partial charge in [0.2, 0.25) is 0 Å². The molecule has 0 aromatic carbocycles. The average molecular weight is 267 g/mol. The van der Waals surface area contributed by atoms with E-state index in [0.717, 1.165) is 51.5 Å². The van der Waals surface area contributed by atoms with E-state index in [-0.39, 0.29) is 0 Å². The third-order valence-electron chi connectivity index (χ3n) is 3.96. The second-order valence-electron chi connectivity index (χ2n) is 5.22. The molecular weight excluding hydrogens is 242 g/mol. The van der Waals surface area contributed by atoms with Gasteiger partial charge in [-0.25, -0.2) is 4.98 Å². The summed E-state index contributed by atoms with van der Waals surface area (Å²) in [4.78, 5) is 6.66. The predicted octanol–water partition coefficient (Wildman–Crippen LogP) is 1.20. The van der Waals surface area contributed by atoms with E-state index in [2.05, 4.69) is 9.88 Å². The number of aromatic nitrogens is 2. The first kappa shape index (κ1) is 14.5. The molecule has 5 heteroatoms. The Morgan fingerprint density at radius 2 is 2.21 bits per heavy atom. The van der Waals surface area contributed by atoms with Crippen molar-refractivity contribution in [3.8, 4) is 0 Å². The van der Waals surface area contributed by atoms with Crippen LogP contribution in [-0.4, -0.2) is 52.4 Å². The second-order valence-corrected chi connectivity index (χ2v) is 5.22. The lowest BCUT2D eigenvalue weighted by molar-refractivity contribution is 0.0400. The molecule has 1 unspecified atom stereocenters. The minimum Gasteiger partial charge on any atom is -0.385 e. The lowest BCUT2D eigenvalue weighted by Gasteiger charge is -2.33. The van der Waals surface area contributed by atoms with Crippen LogP contribution >= 0.6 is 0 Å². The van der Waals surface area contributed by atoms with Crippen molar-refractivity contribution in [1.82, 2.24) is 14.5 Å². The quantitative estimate of drug-likeness (QED) is 0.787. The topological polar surface area (TPSA) is 50.5 Å². The van der Waals surface area contributed by atoms with E-state index >= 15 is 0 Å². The van der Waals surface area contributed by atoms with Crippen molar-refractivity contribution >= 4 is 0 Å². The Morgan fingerprint density at radius 1 is 1.47 bits per heavy atom. The maximum Gasteiger partial charge on any atom is 0.137 e. The molecule has 1 aliphatic heterocycles. The number of aryl methyl sites for hydroxylation is 1. The van der Waals surface area contributed by atoms with Gasteiger partial charge in [0.25, 0.3) is 0 Å². The molecule has 0 saturated carbocycles. The number of likely N-dealkylation sites (tertiary alicyclic amines) is 1. The number of piperidine rings is 1. The molecule has 2 rings (SSSR count). The highest BCUT2D eigenvalue weighted by molar-refractivity contribution is 4.98. The fraction of sp³-hybridized carbons (Fsp3) is 0.786. The van der Waals surface area contributed by atoms with Gasteiger partial charge in [-0.15, -0.1) is 0 Å². The summed E-state index contributed by atoms with van der Waals surface area (Å²) in [6.45, 7) is 6.70. The van der Waals surface area contributed by atoms with Crippen LogP contribution in [0.5, 0.6) is 0 Å². The third-order valence-corrected chi connectivity index (χ3v) is 3.96. The third kappa shape index (κ3) is 3.78. The first-order chi connectivity index (χ1) is 9.22. The molecule has 1 fully saturated rings. The van der Waals surface area contributed by atoms with Gasteiger partial charge in [-0.2, -0.15) is 0 Å². The number of imidazole rings is 1. The molecular formula is C14H25N3O2.